The van der Waals surface area contributed by atoms with E-state index in [1.807, 2.05) is 19.1 Å². The number of amides is 4. The van der Waals surface area contributed by atoms with Gasteiger partial charge in [0.2, 0.25) is 5.91 Å². The van der Waals surface area contributed by atoms with E-state index in [4.69, 9.17) is 9.47 Å². The highest BCUT2D eigenvalue weighted by Gasteiger charge is 2.46. The lowest BCUT2D eigenvalue weighted by atomic mass is 10.1. The summed E-state index contributed by atoms with van der Waals surface area (Å²) in [6, 6.07) is 15.9. The number of methoxy groups -OCH3 is 2. The predicted molar refractivity (Wildman–Crippen MR) is 133 cm³/mol. The first-order chi connectivity index (χ1) is 17.3. The van der Waals surface area contributed by atoms with E-state index in [1.165, 1.54) is 43.4 Å². The number of rotatable bonds is 8. The molecule has 0 saturated carbocycles. The summed E-state index contributed by atoms with van der Waals surface area (Å²) in [7, 11) is 3.03. The van der Waals surface area contributed by atoms with Gasteiger partial charge in [-0.1, -0.05) is 23.8 Å². The van der Waals surface area contributed by atoms with E-state index in [2.05, 4.69) is 5.32 Å². The van der Waals surface area contributed by atoms with Gasteiger partial charge in [0.05, 0.1) is 26.3 Å². The average Bonchev–Trinajstić information content (AvgIpc) is 3.09. The number of urea groups is 1. The Bertz CT molecular complexity index is 1280. The van der Waals surface area contributed by atoms with Gasteiger partial charge in [0.15, 0.2) is 11.5 Å². The summed E-state index contributed by atoms with van der Waals surface area (Å²) in [5.74, 6) is -0.399. The quantitative estimate of drug-likeness (QED) is 0.468. The number of nitrogens with zero attached hydrogens (tertiary/aromatic N) is 2. The van der Waals surface area contributed by atoms with E-state index < -0.39 is 29.7 Å². The molecule has 4 rings (SSSR count). The second-order valence-electron chi connectivity index (χ2n) is 8.38. The molecule has 8 nitrogen and oxygen atoms in total. The lowest BCUT2D eigenvalue weighted by molar-refractivity contribution is -0.124. The fourth-order valence-corrected chi connectivity index (χ4v) is 4.04. The molecule has 1 aliphatic heterocycles. The van der Waals surface area contributed by atoms with Crippen LogP contribution < -0.4 is 19.7 Å². The van der Waals surface area contributed by atoms with E-state index in [0.717, 1.165) is 10.5 Å². The number of imide groups is 1. The Kier molecular flexibility index (Phi) is 7.19. The molecule has 1 fully saturated rings. The van der Waals surface area contributed by atoms with Crippen molar-refractivity contribution in [2.75, 3.05) is 24.4 Å². The van der Waals surface area contributed by atoms with Gasteiger partial charge in [-0.2, -0.15) is 0 Å². The van der Waals surface area contributed by atoms with Crippen LogP contribution in [0.15, 0.2) is 66.7 Å². The molecule has 1 atom stereocenters. The van der Waals surface area contributed by atoms with Crippen LogP contribution in [0.2, 0.25) is 0 Å². The van der Waals surface area contributed by atoms with Gasteiger partial charge >= 0.3 is 6.03 Å². The normalized spacial score (nSPS) is 15.3. The maximum absolute atomic E-state index is 13.5. The lowest BCUT2D eigenvalue weighted by Crippen LogP contribution is -2.37. The molecule has 1 N–H and O–H groups in total. The molecule has 3 aromatic carbocycles. The second kappa shape index (κ2) is 10.5. The standard InChI is InChI=1S/C27H26FN3O5/c1-17-4-11-21(12-5-17)31-26(33)22(15-25(32)29-20-9-7-19(28)8-10-20)30(27(31)34)16-18-6-13-23(35-2)24(14-18)36-3/h4-14,22H,15-16H2,1-3H3,(H,29,32)/t22-/m1/s1. The van der Waals surface area contributed by atoms with Crippen molar-refractivity contribution in [3.63, 3.8) is 0 Å². The smallest absolute Gasteiger partial charge is 0.332 e. The van der Waals surface area contributed by atoms with Crippen LogP contribution in [0, 0.1) is 12.7 Å². The summed E-state index contributed by atoms with van der Waals surface area (Å²) in [5, 5.41) is 2.66. The monoisotopic (exact) mass is 491 g/mol. The number of aryl methyl sites for hydroxylation is 1. The third-order valence-electron chi connectivity index (χ3n) is 5.92. The minimum absolute atomic E-state index is 0.0712. The fourth-order valence-electron chi connectivity index (χ4n) is 4.04. The number of nitrogens with one attached hydrogen (secondary N) is 1. The summed E-state index contributed by atoms with van der Waals surface area (Å²) in [6.45, 7) is 1.98. The third-order valence-corrected chi connectivity index (χ3v) is 5.92. The molecule has 0 radical (unpaired) electrons. The number of carbonyl (C=O) groups excluding carboxylic acids is 3. The maximum atomic E-state index is 13.5. The molecule has 4 amide bonds. The summed E-state index contributed by atoms with van der Waals surface area (Å²) >= 11 is 0. The van der Waals surface area contributed by atoms with Crippen LogP contribution in [0.4, 0.5) is 20.6 Å². The van der Waals surface area contributed by atoms with Crippen LogP contribution in [0.3, 0.4) is 0 Å². The van der Waals surface area contributed by atoms with Crippen molar-refractivity contribution in [1.82, 2.24) is 4.90 Å². The summed E-state index contributed by atoms with van der Waals surface area (Å²) in [5.41, 5.74) is 2.49. The van der Waals surface area contributed by atoms with Crippen molar-refractivity contribution in [3.05, 3.63) is 83.7 Å². The summed E-state index contributed by atoms with van der Waals surface area (Å²) in [6.07, 6.45) is -0.266. The van der Waals surface area contributed by atoms with Crippen molar-refractivity contribution < 1.29 is 28.2 Å². The summed E-state index contributed by atoms with van der Waals surface area (Å²) in [4.78, 5) is 42.2. The molecule has 36 heavy (non-hydrogen) atoms. The van der Waals surface area contributed by atoms with Gasteiger partial charge in [0, 0.05) is 12.2 Å². The summed E-state index contributed by atoms with van der Waals surface area (Å²) < 4.78 is 23.8. The molecule has 0 aliphatic carbocycles. The largest absolute Gasteiger partial charge is 0.493 e. The van der Waals surface area contributed by atoms with Gasteiger partial charge in [-0.15, -0.1) is 0 Å². The number of hydrogen-bond acceptors (Lipinski definition) is 5. The van der Waals surface area contributed by atoms with E-state index in [-0.39, 0.29) is 13.0 Å². The van der Waals surface area contributed by atoms with E-state index in [9.17, 15) is 18.8 Å². The Balaban J connectivity index is 1.62. The van der Waals surface area contributed by atoms with Gasteiger partial charge in [-0.3, -0.25) is 9.59 Å². The SMILES string of the molecule is COc1ccc(CN2C(=O)N(c3ccc(C)cc3)C(=O)[C@H]2CC(=O)Nc2ccc(F)cc2)cc1OC. The zero-order valence-corrected chi connectivity index (χ0v) is 20.2. The van der Waals surface area contributed by atoms with Gasteiger partial charge in [0.25, 0.3) is 5.91 Å². The number of halogens is 1. The van der Waals surface area contributed by atoms with Gasteiger partial charge in [0.1, 0.15) is 11.9 Å². The molecule has 0 spiro atoms. The molecule has 186 valence electrons. The molecular formula is C27H26FN3O5. The first-order valence-corrected chi connectivity index (χ1v) is 11.3. The highest BCUT2D eigenvalue weighted by Crippen LogP contribution is 2.32. The van der Waals surface area contributed by atoms with Crippen molar-refractivity contribution >= 4 is 29.2 Å². The first-order valence-electron chi connectivity index (χ1n) is 11.3. The third kappa shape index (κ3) is 5.14. The van der Waals surface area contributed by atoms with Crippen LogP contribution >= 0.6 is 0 Å². The van der Waals surface area contributed by atoms with Crippen molar-refractivity contribution in [3.8, 4) is 11.5 Å². The average molecular weight is 492 g/mol. The van der Waals surface area contributed by atoms with E-state index >= 15 is 0 Å². The minimum Gasteiger partial charge on any atom is -0.493 e. The highest BCUT2D eigenvalue weighted by atomic mass is 19.1. The number of hydrogen-bond donors (Lipinski definition) is 1. The lowest BCUT2D eigenvalue weighted by Gasteiger charge is -2.22. The van der Waals surface area contributed by atoms with Gasteiger partial charge in [-0.25, -0.2) is 14.1 Å². The predicted octanol–water partition coefficient (Wildman–Crippen LogP) is 4.52. The van der Waals surface area contributed by atoms with Crippen LogP contribution in [-0.4, -0.2) is 43.0 Å². The molecule has 0 aromatic heterocycles. The Labute approximate surface area is 208 Å². The number of carbonyl (C=O) groups is 3. The molecular weight excluding hydrogens is 465 g/mol. The van der Waals surface area contributed by atoms with Crippen LogP contribution in [0.25, 0.3) is 0 Å². The van der Waals surface area contributed by atoms with Crippen LogP contribution in [-0.2, 0) is 16.1 Å². The second-order valence-corrected chi connectivity index (χ2v) is 8.38. The first kappa shape index (κ1) is 24.7. The number of ether oxygens (including phenoxy) is 2. The molecule has 3 aromatic rings. The topological polar surface area (TPSA) is 88.2 Å². The number of benzene rings is 3. The molecule has 1 aliphatic rings. The minimum atomic E-state index is -1.03. The Morgan fingerprint density at radius 3 is 2.25 bits per heavy atom. The Hall–Kier alpha value is -4.40. The van der Waals surface area contributed by atoms with Crippen molar-refractivity contribution in [2.24, 2.45) is 0 Å². The van der Waals surface area contributed by atoms with E-state index in [0.29, 0.717) is 28.4 Å². The van der Waals surface area contributed by atoms with Crippen molar-refractivity contribution in [2.45, 2.75) is 25.9 Å². The van der Waals surface area contributed by atoms with Crippen molar-refractivity contribution in [1.29, 1.82) is 0 Å². The van der Waals surface area contributed by atoms with Crippen LogP contribution in [0.1, 0.15) is 17.5 Å². The number of anilines is 2. The van der Waals surface area contributed by atoms with Gasteiger partial charge in [-0.05, 0) is 61.0 Å². The van der Waals surface area contributed by atoms with Gasteiger partial charge < -0.3 is 19.7 Å². The Morgan fingerprint density at radius 2 is 1.61 bits per heavy atom. The zero-order valence-electron chi connectivity index (χ0n) is 20.2. The molecule has 9 heteroatoms. The molecule has 1 saturated heterocycles. The maximum Gasteiger partial charge on any atom is 0.332 e. The molecule has 1 heterocycles. The van der Waals surface area contributed by atoms with Crippen LogP contribution in [0.5, 0.6) is 11.5 Å². The molecule has 0 bridgehead atoms. The fraction of sp³-hybridized carbons (Fsp3) is 0.222. The van der Waals surface area contributed by atoms with E-state index in [1.54, 1.807) is 30.3 Å². The molecule has 0 unspecified atom stereocenters. The zero-order chi connectivity index (χ0) is 25.8. The Morgan fingerprint density at radius 1 is 0.944 bits per heavy atom. The highest BCUT2D eigenvalue weighted by molar-refractivity contribution is 6.22.